The van der Waals surface area contributed by atoms with Gasteiger partial charge in [-0.05, 0) is 25.2 Å². The van der Waals surface area contributed by atoms with E-state index >= 15 is 0 Å². The number of aliphatic carboxylic acids is 1. The first-order chi connectivity index (χ1) is 6.39. The molecule has 0 radical (unpaired) electrons. The van der Waals surface area contributed by atoms with Crippen LogP contribution in [-0.2, 0) is 14.6 Å². The van der Waals surface area contributed by atoms with Crippen molar-refractivity contribution in [3.05, 3.63) is 0 Å². The van der Waals surface area contributed by atoms with Crippen LogP contribution in [0.4, 0.5) is 0 Å². The van der Waals surface area contributed by atoms with Crippen molar-refractivity contribution in [2.24, 2.45) is 5.92 Å². The third-order valence-electron chi connectivity index (χ3n) is 2.80. The number of rotatable bonds is 3. The number of carboxylic acids is 1. The Hall–Kier alpha value is -0.580. The molecule has 1 N–H and O–H groups in total. The zero-order valence-electron chi connectivity index (χ0n) is 8.27. The summed E-state index contributed by atoms with van der Waals surface area (Å²) in [5.41, 5.74) is 0. The van der Waals surface area contributed by atoms with Crippen LogP contribution >= 0.6 is 0 Å². The normalized spacial score (nSPS) is 28.6. The summed E-state index contributed by atoms with van der Waals surface area (Å²) < 4.78 is 22.5. The van der Waals surface area contributed by atoms with Gasteiger partial charge in [-0.15, -0.1) is 0 Å². The topological polar surface area (TPSA) is 71.4 Å². The van der Waals surface area contributed by atoms with Crippen LogP contribution in [0.2, 0.25) is 0 Å². The van der Waals surface area contributed by atoms with E-state index in [1.165, 1.54) is 6.26 Å². The van der Waals surface area contributed by atoms with Crippen molar-refractivity contribution in [3.8, 4) is 0 Å². The van der Waals surface area contributed by atoms with Crippen LogP contribution in [0.3, 0.4) is 0 Å². The lowest BCUT2D eigenvalue weighted by Crippen LogP contribution is -2.28. The summed E-state index contributed by atoms with van der Waals surface area (Å²) in [5.74, 6) is -0.787. The van der Waals surface area contributed by atoms with E-state index in [-0.39, 0.29) is 17.6 Å². The molecule has 0 aromatic carbocycles. The summed E-state index contributed by atoms with van der Waals surface area (Å²) in [7, 11) is -2.99. The molecule has 0 aromatic rings. The van der Waals surface area contributed by atoms with Crippen molar-refractivity contribution >= 4 is 15.8 Å². The Labute approximate surface area is 84.2 Å². The van der Waals surface area contributed by atoms with E-state index in [4.69, 9.17) is 5.11 Å². The standard InChI is InChI=1S/C9H16O4S/c1-14(12,13)8-4-2-3-7(5-8)6-9(10)11/h7-8H,2-6H2,1H3,(H,10,11)/t7-,8-/m1/s1. The van der Waals surface area contributed by atoms with Crippen molar-refractivity contribution in [2.75, 3.05) is 6.26 Å². The van der Waals surface area contributed by atoms with E-state index in [0.29, 0.717) is 12.8 Å². The Morgan fingerprint density at radius 2 is 2.07 bits per heavy atom. The third kappa shape index (κ3) is 3.29. The fourth-order valence-corrected chi connectivity index (χ4v) is 3.28. The third-order valence-corrected chi connectivity index (χ3v) is 4.44. The average molecular weight is 220 g/mol. The number of hydrogen-bond donors (Lipinski definition) is 1. The first-order valence-electron chi connectivity index (χ1n) is 4.80. The maximum atomic E-state index is 11.3. The molecule has 0 unspecified atom stereocenters. The predicted molar refractivity (Wildman–Crippen MR) is 52.8 cm³/mol. The van der Waals surface area contributed by atoms with Crippen LogP contribution in [0.15, 0.2) is 0 Å². The molecule has 0 aromatic heterocycles. The Morgan fingerprint density at radius 1 is 1.43 bits per heavy atom. The van der Waals surface area contributed by atoms with Gasteiger partial charge in [0.05, 0.1) is 5.25 Å². The summed E-state index contributed by atoms with van der Waals surface area (Å²) in [5, 5.41) is 8.29. The molecule has 4 nitrogen and oxygen atoms in total. The van der Waals surface area contributed by atoms with Gasteiger partial charge >= 0.3 is 5.97 Å². The summed E-state index contributed by atoms with van der Waals surface area (Å²) >= 11 is 0. The maximum Gasteiger partial charge on any atom is 0.303 e. The molecule has 0 aliphatic heterocycles. The van der Waals surface area contributed by atoms with Crippen molar-refractivity contribution in [1.29, 1.82) is 0 Å². The second-order valence-corrected chi connectivity index (χ2v) is 6.41. The summed E-state index contributed by atoms with van der Waals surface area (Å²) in [6, 6.07) is 0. The first-order valence-corrected chi connectivity index (χ1v) is 6.75. The SMILES string of the molecule is CS(=O)(=O)[C@@H]1CCC[C@@H](CC(=O)O)C1. The molecule has 14 heavy (non-hydrogen) atoms. The van der Waals surface area contributed by atoms with Crippen molar-refractivity contribution < 1.29 is 18.3 Å². The summed E-state index contributed by atoms with van der Waals surface area (Å²) in [6.45, 7) is 0. The molecule has 0 spiro atoms. The van der Waals surface area contributed by atoms with E-state index in [1.807, 2.05) is 0 Å². The zero-order valence-corrected chi connectivity index (χ0v) is 9.09. The van der Waals surface area contributed by atoms with E-state index in [2.05, 4.69) is 0 Å². The van der Waals surface area contributed by atoms with Gasteiger partial charge < -0.3 is 5.11 Å². The van der Waals surface area contributed by atoms with Crippen LogP contribution < -0.4 is 0 Å². The quantitative estimate of drug-likeness (QED) is 0.772. The number of sulfone groups is 1. The maximum absolute atomic E-state index is 11.3. The minimum absolute atomic E-state index is 0.0426. The van der Waals surface area contributed by atoms with Crippen LogP contribution in [0, 0.1) is 5.92 Å². The monoisotopic (exact) mass is 220 g/mol. The van der Waals surface area contributed by atoms with Gasteiger partial charge in [-0.3, -0.25) is 4.79 Å². The lowest BCUT2D eigenvalue weighted by atomic mass is 9.87. The van der Waals surface area contributed by atoms with Crippen LogP contribution in [0.25, 0.3) is 0 Å². The highest BCUT2D eigenvalue weighted by Crippen LogP contribution is 2.30. The first kappa shape index (κ1) is 11.5. The van der Waals surface area contributed by atoms with Crippen molar-refractivity contribution in [3.63, 3.8) is 0 Å². The number of hydrogen-bond acceptors (Lipinski definition) is 3. The number of carbonyl (C=O) groups is 1. The molecular formula is C9H16O4S. The smallest absolute Gasteiger partial charge is 0.303 e. The Morgan fingerprint density at radius 3 is 2.57 bits per heavy atom. The molecular weight excluding hydrogens is 204 g/mol. The number of carboxylic acid groups (broad SMARTS) is 1. The summed E-state index contributed by atoms with van der Waals surface area (Å²) in [4.78, 5) is 10.5. The molecule has 1 aliphatic rings. The van der Waals surface area contributed by atoms with E-state index in [0.717, 1.165) is 12.8 Å². The lowest BCUT2D eigenvalue weighted by molar-refractivity contribution is -0.138. The molecule has 0 saturated heterocycles. The van der Waals surface area contributed by atoms with Crippen LogP contribution in [0.1, 0.15) is 32.1 Å². The Bertz CT molecular complexity index is 307. The predicted octanol–water partition coefficient (Wildman–Crippen LogP) is 1.06. The molecule has 1 fully saturated rings. The van der Waals surface area contributed by atoms with E-state index in [9.17, 15) is 13.2 Å². The van der Waals surface area contributed by atoms with Crippen molar-refractivity contribution in [2.45, 2.75) is 37.4 Å². The average Bonchev–Trinajstić information content (AvgIpc) is 2.01. The second-order valence-electron chi connectivity index (χ2n) is 4.08. The van der Waals surface area contributed by atoms with Gasteiger partial charge in [0.25, 0.3) is 0 Å². The second kappa shape index (κ2) is 4.29. The highest BCUT2D eigenvalue weighted by atomic mass is 32.2. The zero-order chi connectivity index (χ0) is 10.8. The molecule has 1 aliphatic carbocycles. The van der Waals surface area contributed by atoms with Gasteiger partial charge in [0.2, 0.25) is 0 Å². The molecule has 1 saturated carbocycles. The molecule has 0 amide bonds. The van der Waals surface area contributed by atoms with Crippen LogP contribution in [-0.4, -0.2) is 31.0 Å². The van der Waals surface area contributed by atoms with Gasteiger partial charge in [0.1, 0.15) is 9.84 Å². The van der Waals surface area contributed by atoms with Gasteiger partial charge in [0.15, 0.2) is 0 Å². The lowest BCUT2D eigenvalue weighted by Gasteiger charge is -2.26. The minimum Gasteiger partial charge on any atom is -0.481 e. The van der Waals surface area contributed by atoms with Crippen LogP contribution in [0.5, 0.6) is 0 Å². The molecule has 1 rings (SSSR count). The molecule has 0 bridgehead atoms. The van der Waals surface area contributed by atoms with Crippen molar-refractivity contribution in [1.82, 2.24) is 0 Å². The highest BCUT2D eigenvalue weighted by molar-refractivity contribution is 7.91. The van der Waals surface area contributed by atoms with E-state index in [1.54, 1.807) is 0 Å². The molecule has 0 heterocycles. The van der Waals surface area contributed by atoms with Gasteiger partial charge in [0, 0.05) is 12.7 Å². The van der Waals surface area contributed by atoms with Gasteiger partial charge in [-0.25, -0.2) is 8.42 Å². The Balaban J connectivity index is 2.56. The molecule has 2 atom stereocenters. The van der Waals surface area contributed by atoms with E-state index < -0.39 is 15.8 Å². The van der Waals surface area contributed by atoms with Gasteiger partial charge in [-0.2, -0.15) is 0 Å². The molecule has 5 heteroatoms. The highest BCUT2D eigenvalue weighted by Gasteiger charge is 2.29. The molecule has 82 valence electrons. The Kier molecular flexibility index (Phi) is 3.53. The fraction of sp³-hybridized carbons (Fsp3) is 0.889. The van der Waals surface area contributed by atoms with Gasteiger partial charge in [-0.1, -0.05) is 6.42 Å². The minimum atomic E-state index is -2.99. The summed E-state index contributed by atoms with van der Waals surface area (Å²) in [6.07, 6.45) is 4.22. The largest absolute Gasteiger partial charge is 0.481 e. The fourth-order valence-electron chi connectivity index (χ4n) is 2.06.